The fraction of sp³-hybridized carbons (Fsp3) is 0.250. The van der Waals surface area contributed by atoms with Crippen LogP contribution in [0.5, 0.6) is 11.5 Å². The summed E-state index contributed by atoms with van der Waals surface area (Å²) in [6.07, 6.45) is 2.96. The molecule has 3 aromatic carbocycles. The van der Waals surface area contributed by atoms with Gasteiger partial charge in [-0.1, -0.05) is 54.6 Å². The molecule has 0 amide bonds. The van der Waals surface area contributed by atoms with Gasteiger partial charge in [-0.05, 0) is 60.1 Å². The van der Waals surface area contributed by atoms with Crippen molar-refractivity contribution in [1.82, 2.24) is 19.1 Å². The van der Waals surface area contributed by atoms with Crippen molar-refractivity contribution in [3.63, 3.8) is 0 Å². The molecular formula is C36H33N5O7S. The van der Waals surface area contributed by atoms with Crippen molar-refractivity contribution in [2.75, 3.05) is 20.8 Å². The molecule has 1 N–H and O–H groups in total. The highest BCUT2D eigenvalue weighted by molar-refractivity contribution is 7.80. The predicted molar refractivity (Wildman–Crippen MR) is 182 cm³/mol. The van der Waals surface area contributed by atoms with E-state index in [4.69, 9.17) is 35.9 Å². The van der Waals surface area contributed by atoms with Crippen LogP contribution in [0.15, 0.2) is 113 Å². The van der Waals surface area contributed by atoms with E-state index in [0.29, 0.717) is 11.5 Å². The van der Waals surface area contributed by atoms with E-state index in [2.05, 4.69) is 16.0 Å². The average Bonchev–Trinajstić information content (AvgIpc) is 3.80. The number of rotatable bonds is 10. The van der Waals surface area contributed by atoms with Crippen LogP contribution in [0, 0.1) is 24.2 Å². The SMILES string of the molecule is COc1ccc(C(OC[C@H]2O[C@@H](n3cc(C)c(=O)[nH]c3=O)[C@@H](C#N)[C@@H]2OC(=S)n2ccnc2)(c2ccccc2)c2ccc(OC)cc2)cc1. The topological polar surface area (TPSA) is 143 Å². The third-order valence-electron chi connectivity index (χ3n) is 8.50. The fourth-order valence-electron chi connectivity index (χ4n) is 5.99. The van der Waals surface area contributed by atoms with E-state index in [-0.39, 0.29) is 17.3 Å². The lowest BCUT2D eigenvalue weighted by Crippen LogP contribution is -2.40. The summed E-state index contributed by atoms with van der Waals surface area (Å²) in [5.74, 6) is 0.302. The minimum Gasteiger partial charge on any atom is -0.497 e. The first-order chi connectivity index (χ1) is 23.8. The van der Waals surface area contributed by atoms with Gasteiger partial charge in [0.1, 0.15) is 41.6 Å². The van der Waals surface area contributed by atoms with Crippen LogP contribution in [0.1, 0.15) is 28.5 Å². The van der Waals surface area contributed by atoms with E-state index < -0.39 is 41.2 Å². The smallest absolute Gasteiger partial charge is 0.330 e. The number of imidazole rings is 1. The molecule has 250 valence electrons. The molecule has 2 aromatic heterocycles. The van der Waals surface area contributed by atoms with Crippen molar-refractivity contribution < 1.29 is 23.7 Å². The number of methoxy groups -OCH3 is 2. The van der Waals surface area contributed by atoms with Crippen molar-refractivity contribution in [2.45, 2.75) is 31.0 Å². The summed E-state index contributed by atoms with van der Waals surface area (Å²) in [4.78, 5) is 31.6. The molecule has 1 aliphatic rings. The maximum absolute atomic E-state index is 13.0. The lowest BCUT2D eigenvalue weighted by molar-refractivity contribution is -0.0932. The van der Waals surface area contributed by atoms with E-state index in [1.54, 1.807) is 33.5 Å². The molecular weight excluding hydrogens is 646 g/mol. The molecule has 0 saturated carbocycles. The van der Waals surface area contributed by atoms with Crippen LogP contribution in [0.2, 0.25) is 0 Å². The Bertz CT molecular complexity index is 2010. The molecule has 0 aliphatic carbocycles. The van der Waals surface area contributed by atoms with Gasteiger partial charge >= 0.3 is 5.69 Å². The van der Waals surface area contributed by atoms with Crippen LogP contribution in [0.3, 0.4) is 0 Å². The molecule has 49 heavy (non-hydrogen) atoms. The molecule has 1 saturated heterocycles. The maximum atomic E-state index is 13.0. The van der Waals surface area contributed by atoms with Gasteiger partial charge < -0.3 is 23.7 Å². The quantitative estimate of drug-likeness (QED) is 0.168. The second-order valence-electron chi connectivity index (χ2n) is 11.3. The van der Waals surface area contributed by atoms with E-state index >= 15 is 0 Å². The van der Waals surface area contributed by atoms with Gasteiger partial charge in [0, 0.05) is 24.2 Å². The number of ether oxygens (including phenoxy) is 5. The molecule has 1 aliphatic heterocycles. The zero-order valence-corrected chi connectivity index (χ0v) is 27.7. The Morgan fingerprint density at radius 1 is 0.980 bits per heavy atom. The number of nitrogens with zero attached hydrogens (tertiary/aromatic N) is 4. The third kappa shape index (κ3) is 6.49. The summed E-state index contributed by atoms with van der Waals surface area (Å²) in [7, 11) is 3.20. The number of aromatic amines is 1. The lowest BCUT2D eigenvalue weighted by Gasteiger charge is -2.37. The Morgan fingerprint density at radius 3 is 2.14 bits per heavy atom. The Hall–Kier alpha value is -5.55. The zero-order valence-electron chi connectivity index (χ0n) is 26.9. The Balaban J connectivity index is 1.46. The molecule has 0 radical (unpaired) electrons. The molecule has 1 fully saturated rings. The van der Waals surface area contributed by atoms with Crippen molar-refractivity contribution in [1.29, 1.82) is 5.26 Å². The van der Waals surface area contributed by atoms with Crippen LogP contribution in [0.25, 0.3) is 0 Å². The molecule has 0 spiro atoms. The highest BCUT2D eigenvalue weighted by Gasteiger charge is 2.50. The van der Waals surface area contributed by atoms with E-state index in [1.165, 1.54) is 21.7 Å². The van der Waals surface area contributed by atoms with Gasteiger partial charge in [-0.3, -0.25) is 18.9 Å². The number of H-pyrrole nitrogens is 1. The van der Waals surface area contributed by atoms with Crippen LogP contribution in [-0.2, 0) is 19.8 Å². The summed E-state index contributed by atoms with van der Waals surface area (Å²) >= 11 is 5.57. The number of aryl methyl sites for hydroxylation is 1. The van der Waals surface area contributed by atoms with Crippen molar-refractivity contribution in [3.05, 3.63) is 147 Å². The summed E-state index contributed by atoms with van der Waals surface area (Å²) in [6.45, 7) is 1.45. The minimum absolute atomic E-state index is 0.0293. The normalized spacial score (nSPS) is 18.8. The van der Waals surface area contributed by atoms with Crippen molar-refractivity contribution >= 4 is 17.4 Å². The van der Waals surface area contributed by atoms with E-state index in [0.717, 1.165) is 16.7 Å². The van der Waals surface area contributed by atoms with Gasteiger partial charge in [0.15, 0.2) is 6.23 Å². The number of nitriles is 1. The maximum Gasteiger partial charge on any atom is 0.330 e. The molecule has 6 rings (SSSR count). The number of hydrogen-bond donors (Lipinski definition) is 1. The Kier molecular flexibility index (Phi) is 9.72. The first-order valence-electron chi connectivity index (χ1n) is 15.3. The van der Waals surface area contributed by atoms with Crippen LogP contribution in [-0.4, -0.2) is 57.3 Å². The van der Waals surface area contributed by atoms with Gasteiger partial charge in [-0.15, -0.1) is 0 Å². The number of nitrogens with one attached hydrogen (secondary N) is 1. The van der Waals surface area contributed by atoms with Crippen LogP contribution >= 0.6 is 12.2 Å². The summed E-state index contributed by atoms with van der Waals surface area (Å²) < 4.78 is 33.4. The lowest BCUT2D eigenvalue weighted by atomic mass is 9.80. The summed E-state index contributed by atoms with van der Waals surface area (Å²) in [5.41, 5.74) is 0.194. The largest absolute Gasteiger partial charge is 0.497 e. The zero-order chi connectivity index (χ0) is 34.5. The van der Waals surface area contributed by atoms with E-state index in [9.17, 15) is 14.9 Å². The van der Waals surface area contributed by atoms with Gasteiger partial charge in [-0.25, -0.2) is 9.78 Å². The standard InChI is InChI=1S/C36H33N5O7S/c1-23-20-41(34(43)39-32(23)42)33-29(19-37)31(48-35(49)40-18-17-38-22-40)30(47-33)21-46-36(24-7-5-4-6-8-24,25-9-13-27(44-2)14-10-25)26-11-15-28(45-3)16-12-26/h4-18,20,22,29-31,33H,21H2,1-3H3,(H,39,42,43)/t29-,30+,31-,33+/m0/s1. The first-order valence-corrected chi connectivity index (χ1v) is 15.7. The summed E-state index contributed by atoms with van der Waals surface area (Å²) in [6, 6.07) is 27.1. The second kappa shape index (κ2) is 14.3. The minimum atomic E-state index is -1.20. The fourth-order valence-corrected chi connectivity index (χ4v) is 6.21. The molecule has 3 heterocycles. The monoisotopic (exact) mass is 679 g/mol. The van der Waals surface area contributed by atoms with Gasteiger partial charge in [0.2, 0.25) is 0 Å². The number of thiocarbonyl (C=S) groups is 1. The highest BCUT2D eigenvalue weighted by Crippen LogP contribution is 2.44. The van der Waals surface area contributed by atoms with Gasteiger partial charge in [0.05, 0.1) is 26.9 Å². The molecule has 12 nitrogen and oxygen atoms in total. The van der Waals surface area contributed by atoms with Crippen molar-refractivity contribution in [3.8, 4) is 17.6 Å². The molecule has 4 atom stereocenters. The van der Waals surface area contributed by atoms with Gasteiger partial charge in [0.25, 0.3) is 10.7 Å². The van der Waals surface area contributed by atoms with Crippen LogP contribution < -0.4 is 20.7 Å². The Labute approximate surface area is 287 Å². The molecule has 0 unspecified atom stereocenters. The van der Waals surface area contributed by atoms with Gasteiger partial charge in [-0.2, -0.15) is 5.26 Å². The molecule has 0 bridgehead atoms. The Morgan fingerprint density at radius 2 is 1.59 bits per heavy atom. The van der Waals surface area contributed by atoms with Crippen LogP contribution in [0.4, 0.5) is 0 Å². The number of benzene rings is 3. The predicted octanol–water partition coefficient (Wildman–Crippen LogP) is 4.32. The average molecular weight is 680 g/mol. The third-order valence-corrected chi connectivity index (χ3v) is 8.81. The van der Waals surface area contributed by atoms with Crippen molar-refractivity contribution in [2.24, 2.45) is 5.92 Å². The molecule has 5 aromatic rings. The number of aromatic nitrogens is 4. The summed E-state index contributed by atoms with van der Waals surface area (Å²) in [5, 5.41) is 10.5. The molecule has 13 heteroatoms. The number of hydrogen-bond acceptors (Lipinski definition) is 10. The van der Waals surface area contributed by atoms with E-state index in [1.807, 2.05) is 78.9 Å². The highest BCUT2D eigenvalue weighted by atomic mass is 32.1. The second-order valence-corrected chi connectivity index (χ2v) is 11.7. The first kappa shape index (κ1) is 33.4.